The molecule has 0 unspecified atom stereocenters. The lowest BCUT2D eigenvalue weighted by Gasteiger charge is -2.13. The van der Waals surface area contributed by atoms with Crippen LogP contribution in [0.25, 0.3) is 11.1 Å². The number of rotatable bonds is 3. The van der Waals surface area contributed by atoms with Crippen molar-refractivity contribution in [3.05, 3.63) is 54.4 Å². The van der Waals surface area contributed by atoms with Crippen molar-refractivity contribution in [2.45, 2.75) is 6.42 Å². The molecule has 0 radical (unpaired) electrons. The summed E-state index contributed by atoms with van der Waals surface area (Å²) in [6.07, 6.45) is 10.4. The molecule has 8 N–H and O–H groups in total. The zero-order valence-corrected chi connectivity index (χ0v) is 12.4. The van der Waals surface area contributed by atoms with Crippen LogP contribution in [0.4, 0.5) is 22.7 Å². The van der Waals surface area contributed by atoms with Gasteiger partial charge >= 0.3 is 0 Å². The lowest BCUT2D eigenvalue weighted by atomic mass is 9.99. The molecular weight excluding hydrogens is 290 g/mol. The first-order chi connectivity index (χ1) is 11.1. The van der Waals surface area contributed by atoms with Crippen LogP contribution in [0.1, 0.15) is 11.1 Å². The Morgan fingerprint density at radius 3 is 2.04 bits per heavy atom. The lowest BCUT2D eigenvalue weighted by Crippen LogP contribution is -2.05. The molecule has 0 aliphatic rings. The molecule has 3 heterocycles. The lowest BCUT2D eigenvalue weighted by molar-refractivity contribution is 1.13. The van der Waals surface area contributed by atoms with Crippen LogP contribution < -0.4 is 22.9 Å². The summed E-state index contributed by atoms with van der Waals surface area (Å²) < 4.78 is 0. The highest BCUT2D eigenvalue weighted by Gasteiger charge is 2.13. The molecule has 0 fully saturated rings. The Morgan fingerprint density at radius 1 is 0.652 bits per heavy atom. The van der Waals surface area contributed by atoms with E-state index < -0.39 is 0 Å². The first-order valence-electron chi connectivity index (χ1n) is 6.98. The molecule has 7 nitrogen and oxygen atoms in total. The number of nitrogen functional groups attached to an aromatic ring is 4. The summed E-state index contributed by atoms with van der Waals surface area (Å²) in [4.78, 5) is 12.4. The molecule has 3 rings (SSSR count). The minimum absolute atomic E-state index is 0.446. The molecule has 0 bridgehead atoms. The van der Waals surface area contributed by atoms with Crippen LogP contribution in [0.5, 0.6) is 0 Å². The van der Waals surface area contributed by atoms with Crippen molar-refractivity contribution in [3.63, 3.8) is 0 Å². The van der Waals surface area contributed by atoms with Gasteiger partial charge < -0.3 is 22.9 Å². The summed E-state index contributed by atoms with van der Waals surface area (Å²) in [7, 11) is 0. The number of pyridine rings is 3. The van der Waals surface area contributed by atoms with Crippen molar-refractivity contribution in [1.82, 2.24) is 15.0 Å². The second kappa shape index (κ2) is 5.80. The van der Waals surface area contributed by atoms with Crippen LogP contribution in [0.3, 0.4) is 0 Å². The second-order valence-corrected chi connectivity index (χ2v) is 5.20. The molecule has 0 aliphatic heterocycles. The Morgan fingerprint density at radius 2 is 1.30 bits per heavy atom. The van der Waals surface area contributed by atoms with Gasteiger partial charge in [-0.3, -0.25) is 15.0 Å². The molecule has 0 aliphatic carbocycles. The SMILES string of the molecule is Nc1ccncc1-c1cncc(Cc2cncc(N)c2N)c1N. The van der Waals surface area contributed by atoms with Gasteiger partial charge in [-0.15, -0.1) is 0 Å². The van der Waals surface area contributed by atoms with Crippen LogP contribution in [0.2, 0.25) is 0 Å². The highest BCUT2D eigenvalue weighted by molar-refractivity contribution is 5.84. The highest BCUT2D eigenvalue weighted by atomic mass is 14.8. The van der Waals surface area contributed by atoms with Crippen molar-refractivity contribution < 1.29 is 0 Å². The summed E-state index contributed by atoms with van der Waals surface area (Å²) in [5, 5.41) is 0. The number of anilines is 4. The molecule has 7 heteroatoms. The van der Waals surface area contributed by atoms with Crippen molar-refractivity contribution in [3.8, 4) is 11.1 Å². The molecule has 0 saturated carbocycles. The van der Waals surface area contributed by atoms with Crippen LogP contribution in [0.15, 0.2) is 43.2 Å². The Hall–Kier alpha value is -3.35. The number of hydrogen-bond acceptors (Lipinski definition) is 7. The van der Waals surface area contributed by atoms with Crippen LogP contribution in [-0.4, -0.2) is 15.0 Å². The van der Waals surface area contributed by atoms with Gasteiger partial charge in [0.1, 0.15) is 0 Å². The fourth-order valence-corrected chi connectivity index (χ4v) is 2.38. The van der Waals surface area contributed by atoms with Gasteiger partial charge in [0.2, 0.25) is 0 Å². The Balaban J connectivity index is 2.04. The number of aromatic nitrogens is 3. The molecule has 23 heavy (non-hydrogen) atoms. The smallest absolute Gasteiger partial charge is 0.0737 e. The normalized spacial score (nSPS) is 10.6. The van der Waals surface area contributed by atoms with Gasteiger partial charge in [0.15, 0.2) is 0 Å². The van der Waals surface area contributed by atoms with Gasteiger partial charge in [-0.2, -0.15) is 0 Å². The zero-order valence-electron chi connectivity index (χ0n) is 12.4. The zero-order chi connectivity index (χ0) is 16.4. The molecular formula is C16H17N7. The van der Waals surface area contributed by atoms with E-state index in [2.05, 4.69) is 15.0 Å². The fourth-order valence-electron chi connectivity index (χ4n) is 2.38. The molecule has 3 aromatic heterocycles. The highest BCUT2D eigenvalue weighted by Crippen LogP contribution is 2.32. The third-order valence-corrected chi connectivity index (χ3v) is 3.70. The minimum atomic E-state index is 0.446. The van der Waals surface area contributed by atoms with Crippen molar-refractivity contribution in [1.29, 1.82) is 0 Å². The Bertz CT molecular complexity index is 861. The van der Waals surface area contributed by atoms with Gasteiger partial charge in [-0.25, -0.2) is 0 Å². The van der Waals surface area contributed by atoms with E-state index in [1.54, 1.807) is 37.1 Å². The molecule has 0 amide bonds. The predicted molar refractivity (Wildman–Crippen MR) is 92.2 cm³/mol. The molecule has 0 saturated heterocycles. The van der Waals surface area contributed by atoms with E-state index in [0.29, 0.717) is 29.2 Å². The second-order valence-electron chi connectivity index (χ2n) is 5.20. The van der Waals surface area contributed by atoms with E-state index in [-0.39, 0.29) is 0 Å². The van der Waals surface area contributed by atoms with Crippen molar-refractivity contribution in [2.24, 2.45) is 0 Å². The van der Waals surface area contributed by atoms with E-state index in [1.807, 2.05) is 0 Å². The van der Waals surface area contributed by atoms with Crippen LogP contribution in [-0.2, 0) is 6.42 Å². The molecule has 0 atom stereocenters. The summed E-state index contributed by atoms with van der Waals surface area (Å²) in [5.74, 6) is 0. The van der Waals surface area contributed by atoms with Gasteiger partial charge in [0, 0.05) is 59.9 Å². The first-order valence-corrected chi connectivity index (χ1v) is 6.98. The van der Waals surface area contributed by atoms with E-state index in [4.69, 9.17) is 22.9 Å². The molecule has 0 spiro atoms. The van der Waals surface area contributed by atoms with Crippen molar-refractivity contribution in [2.75, 3.05) is 22.9 Å². The Kier molecular flexibility index (Phi) is 3.68. The topological polar surface area (TPSA) is 143 Å². The minimum Gasteiger partial charge on any atom is -0.398 e. The third kappa shape index (κ3) is 2.71. The summed E-state index contributed by atoms with van der Waals surface area (Å²) in [6.45, 7) is 0. The maximum atomic E-state index is 6.30. The Labute approximate surface area is 133 Å². The summed E-state index contributed by atoms with van der Waals surface area (Å²) >= 11 is 0. The van der Waals surface area contributed by atoms with Gasteiger partial charge in [-0.05, 0) is 17.2 Å². The van der Waals surface area contributed by atoms with Gasteiger partial charge in [0.05, 0.1) is 17.6 Å². The monoisotopic (exact) mass is 307 g/mol. The quantitative estimate of drug-likeness (QED) is 0.573. The fraction of sp³-hybridized carbons (Fsp3) is 0.0625. The maximum absolute atomic E-state index is 6.30. The average molecular weight is 307 g/mol. The van der Waals surface area contributed by atoms with Crippen LogP contribution in [0, 0.1) is 0 Å². The standard InChI is InChI=1S/C16H17N7/c17-13-1-2-21-6-11(13)12-7-22-4-9(15(12)19)3-10-5-23-8-14(18)16(10)20/h1-2,4-8H,3,18H2,(H2,17,21)(H2,19,22)(H2,20,23). The van der Waals surface area contributed by atoms with Gasteiger partial charge in [0.25, 0.3) is 0 Å². The van der Waals surface area contributed by atoms with Crippen LogP contribution >= 0.6 is 0 Å². The largest absolute Gasteiger partial charge is 0.398 e. The molecule has 0 aromatic carbocycles. The number of hydrogen-bond donors (Lipinski definition) is 4. The van der Waals surface area contributed by atoms with Crippen molar-refractivity contribution >= 4 is 22.7 Å². The summed E-state index contributed by atoms with van der Waals surface area (Å²) in [6, 6.07) is 1.72. The van der Waals surface area contributed by atoms with E-state index in [0.717, 1.165) is 22.3 Å². The van der Waals surface area contributed by atoms with E-state index in [9.17, 15) is 0 Å². The maximum Gasteiger partial charge on any atom is 0.0737 e. The van der Waals surface area contributed by atoms with E-state index in [1.165, 1.54) is 6.20 Å². The third-order valence-electron chi connectivity index (χ3n) is 3.70. The summed E-state index contributed by atoms with van der Waals surface area (Å²) in [5.41, 5.74) is 29.3. The van der Waals surface area contributed by atoms with Gasteiger partial charge in [-0.1, -0.05) is 0 Å². The average Bonchev–Trinajstić information content (AvgIpc) is 2.54. The molecule has 3 aromatic rings. The number of nitrogens with two attached hydrogens (primary N) is 4. The predicted octanol–water partition coefficient (Wildman–Crippen LogP) is 1.46. The molecule has 116 valence electrons. The number of nitrogens with zero attached hydrogens (tertiary/aromatic N) is 3. The van der Waals surface area contributed by atoms with E-state index >= 15 is 0 Å². The first kappa shape index (κ1) is 14.6.